The summed E-state index contributed by atoms with van der Waals surface area (Å²) in [5.41, 5.74) is 0.787. The molecular weight excluding hydrogens is 454 g/mol. The predicted octanol–water partition coefficient (Wildman–Crippen LogP) is 5.01. The van der Waals surface area contributed by atoms with E-state index >= 15 is 0 Å². The molecule has 0 saturated carbocycles. The Bertz CT molecular complexity index is 1220. The quantitative estimate of drug-likeness (QED) is 0.322. The van der Waals surface area contributed by atoms with E-state index < -0.39 is 21.7 Å². The molecule has 9 heteroatoms. The molecule has 168 valence electrons. The van der Waals surface area contributed by atoms with Crippen molar-refractivity contribution in [1.82, 2.24) is 9.29 Å². The second kappa shape index (κ2) is 10.2. The highest BCUT2D eigenvalue weighted by Crippen LogP contribution is 2.25. The minimum atomic E-state index is -4.03. The Morgan fingerprint density at radius 1 is 1.19 bits per heavy atom. The molecule has 3 rings (SSSR count). The Labute approximate surface area is 190 Å². The fourth-order valence-corrected chi connectivity index (χ4v) is 5.31. The van der Waals surface area contributed by atoms with Crippen LogP contribution in [0.5, 0.6) is 0 Å². The van der Waals surface area contributed by atoms with Crippen LogP contribution < -0.4 is 0 Å². The van der Waals surface area contributed by atoms with Gasteiger partial charge in [0.15, 0.2) is 6.29 Å². The van der Waals surface area contributed by atoms with Gasteiger partial charge in [-0.1, -0.05) is 32.0 Å². The van der Waals surface area contributed by atoms with Crippen molar-refractivity contribution in [1.29, 1.82) is 0 Å². The van der Waals surface area contributed by atoms with Crippen LogP contribution in [0, 0.1) is 17.6 Å². The Morgan fingerprint density at radius 3 is 2.59 bits per heavy atom. The molecule has 0 aliphatic heterocycles. The van der Waals surface area contributed by atoms with E-state index in [1.54, 1.807) is 29.8 Å². The van der Waals surface area contributed by atoms with Crippen molar-refractivity contribution in [2.24, 2.45) is 5.92 Å². The molecule has 32 heavy (non-hydrogen) atoms. The average molecular weight is 477 g/mol. The van der Waals surface area contributed by atoms with Crippen LogP contribution in [0.2, 0.25) is 0 Å². The number of halogens is 2. The lowest BCUT2D eigenvalue weighted by atomic mass is 10.1. The van der Waals surface area contributed by atoms with Gasteiger partial charge >= 0.3 is 0 Å². The van der Waals surface area contributed by atoms with E-state index in [1.165, 1.54) is 29.5 Å². The maximum Gasteiger partial charge on any atom is 0.243 e. The molecule has 1 aromatic heterocycles. The molecule has 3 aromatic rings. The van der Waals surface area contributed by atoms with Crippen LogP contribution in [-0.2, 0) is 21.4 Å². The van der Waals surface area contributed by atoms with E-state index in [4.69, 9.17) is 0 Å². The molecule has 0 bridgehead atoms. The standard InChI is InChI=1S/C23H22F2N2O3S2/c1-16(2)13-27(14-18-6-7-20(24)12-22(18)25)32(29,30)21-5-3-4-17(10-21)19(15-28)11-23-26-8-9-31-23/h3-12,15-16H,13-14H2,1-2H3/b19-11-. The zero-order valence-electron chi connectivity index (χ0n) is 17.5. The van der Waals surface area contributed by atoms with Crippen molar-refractivity contribution < 1.29 is 22.0 Å². The SMILES string of the molecule is CC(C)CN(Cc1ccc(F)cc1F)S(=O)(=O)c1cccc(/C(C=O)=C\c2nccs2)c1. The van der Waals surface area contributed by atoms with Crippen molar-refractivity contribution >= 4 is 39.3 Å². The summed E-state index contributed by atoms with van der Waals surface area (Å²) in [5.74, 6) is -1.57. The van der Waals surface area contributed by atoms with E-state index in [0.717, 1.165) is 16.4 Å². The van der Waals surface area contributed by atoms with E-state index in [9.17, 15) is 22.0 Å². The van der Waals surface area contributed by atoms with Gasteiger partial charge in [-0.2, -0.15) is 4.31 Å². The van der Waals surface area contributed by atoms with Gasteiger partial charge in [0, 0.05) is 41.9 Å². The van der Waals surface area contributed by atoms with Gasteiger partial charge in [-0.25, -0.2) is 22.2 Å². The van der Waals surface area contributed by atoms with Crippen LogP contribution in [0.15, 0.2) is 58.9 Å². The summed E-state index contributed by atoms with van der Waals surface area (Å²) in [5, 5.41) is 2.39. The summed E-state index contributed by atoms with van der Waals surface area (Å²) >= 11 is 1.35. The Morgan fingerprint density at radius 2 is 1.97 bits per heavy atom. The van der Waals surface area contributed by atoms with Crippen LogP contribution in [0.25, 0.3) is 11.6 Å². The number of benzene rings is 2. The first-order chi connectivity index (χ1) is 15.2. The van der Waals surface area contributed by atoms with Gasteiger partial charge in [0.05, 0.1) is 4.90 Å². The molecule has 2 aromatic carbocycles. The van der Waals surface area contributed by atoms with Crippen LogP contribution in [0.4, 0.5) is 8.78 Å². The zero-order chi connectivity index (χ0) is 23.3. The molecule has 0 atom stereocenters. The van der Waals surface area contributed by atoms with Crippen molar-refractivity contribution in [3.8, 4) is 0 Å². The lowest BCUT2D eigenvalue weighted by Gasteiger charge is -2.24. The summed E-state index contributed by atoms with van der Waals surface area (Å²) in [4.78, 5) is 15.7. The van der Waals surface area contributed by atoms with Crippen molar-refractivity contribution in [2.45, 2.75) is 25.3 Å². The van der Waals surface area contributed by atoms with Crippen LogP contribution >= 0.6 is 11.3 Å². The largest absolute Gasteiger partial charge is 0.298 e. The van der Waals surface area contributed by atoms with Gasteiger partial charge in [-0.3, -0.25) is 4.79 Å². The van der Waals surface area contributed by atoms with Crippen LogP contribution in [-0.4, -0.2) is 30.5 Å². The van der Waals surface area contributed by atoms with E-state index in [2.05, 4.69) is 4.98 Å². The second-order valence-corrected chi connectivity index (χ2v) is 10.4. The van der Waals surface area contributed by atoms with Crippen LogP contribution in [0.1, 0.15) is 30.0 Å². The summed E-state index contributed by atoms with van der Waals surface area (Å²) in [6.07, 6.45) is 3.84. The molecule has 0 radical (unpaired) electrons. The zero-order valence-corrected chi connectivity index (χ0v) is 19.2. The van der Waals surface area contributed by atoms with E-state index in [1.807, 2.05) is 13.8 Å². The highest BCUT2D eigenvalue weighted by atomic mass is 32.2. The van der Waals surface area contributed by atoms with Gasteiger partial charge in [0.2, 0.25) is 10.0 Å². The molecule has 0 fully saturated rings. The topological polar surface area (TPSA) is 67.3 Å². The molecule has 0 unspecified atom stereocenters. The lowest BCUT2D eigenvalue weighted by Crippen LogP contribution is -2.34. The molecule has 1 heterocycles. The van der Waals surface area contributed by atoms with Crippen molar-refractivity contribution in [2.75, 3.05) is 6.54 Å². The molecule has 0 amide bonds. The number of aromatic nitrogens is 1. The fraction of sp³-hybridized carbons (Fsp3) is 0.217. The summed E-state index contributed by atoms with van der Waals surface area (Å²) < 4.78 is 55.5. The number of carbonyl (C=O) groups excluding carboxylic acids is 1. The monoisotopic (exact) mass is 476 g/mol. The van der Waals surface area contributed by atoms with E-state index in [0.29, 0.717) is 16.9 Å². The molecular formula is C23H22F2N2O3S2. The summed E-state index contributed by atoms with van der Waals surface area (Å²) in [6.45, 7) is 3.59. The Kier molecular flexibility index (Phi) is 7.65. The molecule has 0 aliphatic carbocycles. The summed E-state index contributed by atoms with van der Waals surface area (Å²) in [7, 11) is -4.03. The van der Waals surface area contributed by atoms with E-state index in [-0.39, 0.29) is 35.0 Å². The summed E-state index contributed by atoms with van der Waals surface area (Å²) in [6, 6.07) is 9.10. The first-order valence-electron chi connectivity index (χ1n) is 9.81. The van der Waals surface area contributed by atoms with Crippen molar-refractivity contribution in [3.63, 3.8) is 0 Å². The number of nitrogens with zero attached hydrogens (tertiary/aromatic N) is 2. The fourth-order valence-electron chi connectivity index (χ4n) is 3.10. The average Bonchev–Trinajstić information content (AvgIpc) is 3.26. The number of rotatable bonds is 9. The minimum absolute atomic E-state index is 0.0231. The smallest absolute Gasteiger partial charge is 0.243 e. The van der Waals surface area contributed by atoms with Gasteiger partial charge in [-0.15, -0.1) is 11.3 Å². The predicted molar refractivity (Wildman–Crippen MR) is 121 cm³/mol. The number of hydrogen-bond donors (Lipinski definition) is 0. The maximum absolute atomic E-state index is 14.2. The molecule has 0 N–H and O–H groups in total. The molecule has 0 saturated heterocycles. The molecule has 0 spiro atoms. The normalized spacial score (nSPS) is 12.5. The maximum atomic E-state index is 14.2. The van der Waals surface area contributed by atoms with Crippen molar-refractivity contribution in [3.05, 3.63) is 81.8 Å². The first-order valence-corrected chi connectivity index (χ1v) is 12.1. The minimum Gasteiger partial charge on any atom is -0.298 e. The third-order valence-corrected chi connectivity index (χ3v) is 7.12. The Balaban J connectivity index is 1.99. The number of carbonyl (C=O) groups is 1. The van der Waals surface area contributed by atoms with Crippen LogP contribution in [0.3, 0.4) is 0 Å². The number of sulfonamides is 1. The highest BCUT2D eigenvalue weighted by molar-refractivity contribution is 7.89. The number of aldehydes is 1. The second-order valence-electron chi connectivity index (χ2n) is 7.54. The molecule has 5 nitrogen and oxygen atoms in total. The number of allylic oxidation sites excluding steroid dienone is 1. The third kappa shape index (κ3) is 5.73. The first kappa shape index (κ1) is 23.9. The van der Waals surface area contributed by atoms with Gasteiger partial charge < -0.3 is 0 Å². The number of thiazole rings is 1. The highest BCUT2D eigenvalue weighted by Gasteiger charge is 2.27. The lowest BCUT2D eigenvalue weighted by molar-refractivity contribution is -0.103. The third-order valence-electron chi connectivity index (χ3n) is 4.59. The van der Waals surface area contributed by atoms with Gasteiger partial charge in [-0.05, 0) is 35.8 Å². The van der Waals surface area contributed by atoms with Gasteiger partial charge in [0.1, 0.15) is 16.6 Å². The molecule has 0 aliphatic rings. The van der Waals surface area contributed by atoms with Gasteiger partial charge in [0.25, 0.3) is 0 Å². The number of hydrogen-bond acceptors (Lipinski definition) is 5. The Hall–Kier alpha value is -2.75.